The number of aldehydes is 1. The summed E-state index contributed by atoms with van der Waals surface area (Å²) in [7, 11) is 0. The number of rotatable bonds is 2. The van der Waals surface area contributed by atoms with Gasteiger partial charge in [-0.1, -0.05) is 17.7 Å². The van der Waals surface area contributed by atoms with Crippen molar-refractivity contribution in [1.29, 1.82) is 0 Å². The van der Waals surface area contributed by atoms with Crippen molar-refractivity contribution in [3.8, 4) is 22.6 Å². The molecule has 0 amide bonds. The summed E-state index contributed by atoms with van der Waals surface area (Å²) in [6.07, 6.45) is 0.698. The van der Waals surface area contributed by atoms with E-state index in [1.54, 1.807) is 18.2 Å². The van der Waals surface area contributed by atoms with E-state index in [1.807, 2.05) is 0 Å². The molecule has 0 saturated carbocycles. The maximum atomic E-state index is 13.5. The molecule has 1 heterocycles. The number of ether oxygens (including phenoxy) is 2. The van der Waals surface area contributed by atoms with Crippen LogP contribution in [0.2, 0.25) is 5.02 Å². The first-order chi connectivity index (χ1) is 9.19. The SMILES string of the molecule is O=Cc1cc2c(cc1-c1ccc(Cl)c(F)c1)OCO2. The molecular weight excluding hydrogens is 271 g/mol. The van der Waals surface area contributed by atoms with Gasteiger partial charge in [-0.2, -0.15) is 0 Å². The van der Waals surface area contributed by atoms with Crippen molar-refractivity contribution in [1.82, 2.24) is 0 Å². The third-order valence-electron chi connectivity index (χ3n) is 2.90. The van der Waals surface area contributed by atoms with Gasteiger partial charge >= 0.3 is 0 Å². The molecule has 0 N–H and O–H groups in total. The molecule has 2 aromatic carbocycles. The lowest BCUT2D eigenvalue weighted by atomic mass is 9.99. The van der Waals surface area contributed by atoms with Crippen LogP contribution in [0.3, 0.4) is 0 Å². The molecule has 1 aliphatic heterocycles. The first kappa shape index (κ1) is 12.0. The Bertz CT molecular complexity index is 670. The Morgan fingerprint density at radius 1 is 1.16 bits per heavy atom. The lowest BCUT2D eigenvalue weighted by molar-refractivity contribution is 0.112. The minimum atomic E-state index is -0.534. The molecule has 1 aliphatic rings. The molecule has 0 spiro atoms. The first-order valence-corrected chi connectivity index (χ1v) is 5.91. The smallest absolute Gasteiger partial charge is 0.231 e. The summed E-state index contributed by atoms with van der Waals surface area (Å²) in [6, 6.07) is 7.63. The van der Waals surface area contributed by atoms with Crippen LogP contribution in [-0.2, 0) is 0 Å². The normalized spacial score (nSPS) is 12.5. The van der Waals surface area contributed by atoms with Gasteiger partial charge in [0.05, 0.1) is 5.02 Å². The summed E-state index contributed by atoms with van der Waals surface area (Å²) >= 11 is 5.65. The minimum Gasteiger partial charge on any atom is -0.454 e. The van der Waals surface area contributed by atoms with Crippen LogP contribution in [0.5, 0.6) is 11.5 Å². The van der Waals surface area contributed by atoms with E-state index >= 15 is 0 Å². The monoisotopic (exact) mass is 278 g/mol. The average Bonchev–Trinajstić information content (AvgIpc) is 2.87. The molecule has 96 valence electrons. The van der Waals surface area contributed by atoms with Crippen molar-refractivity contribution in [2.75, 3.05) is 6.79 Å². The molecule has 0 radical (unpaired) electrons. The van der Waals surface area contributed by atoms with Gasteiger partial charge in [0, 0.05) is 5.56 Å². The molecule has 0 bridgehead atoms. The zero-order chi connectivity index (χ0) is 13.4. The van der Waals surface area contributed by atoms with Crippen molar-refractivity contribution in [2.45, 2.75) is 0 Å². The molecule has 5 heteroatoms. The second-order valence-corrected chi connectivity index (χ2v) is 4.45. The highest BCUT2D eigenvalue weighted by Crippen LogP contribution is 2.38. The lowest BCUT2D eigenvalue weighted by Gasteiger charge is -2.07. The summed E-state index contributed by atoms with van der Waals surface area (Å²) in [5.74, 6) is 0.518. The molecule has 3 nitrogen and oxygen atoms in total. The van der Waals surface area contributed by atoms with Gasteiger partial charge < -0.3 is 9.47 Å². The second kappa shape index (κ2) is 4.55. The van der Waals surface area contributed by atoms with Crippen LogP contribution in [0.25, 0.3) is 11.1 Å². The predicted molar refractivity (Wildman–Crippen MR) is 68.4 cm³/mol. The quantitative estimate of drug-likeness (QED) is 0.786. The number of carbonyl (C=O) groups is 1. The van der Waals surface area contributed by atoms with E-state index in [4.69, 9.17) is 21.1 Å². The lowest BCUT2D eigenvalue weighted by Crippen LogP contribution is -1.92. The van der Waals surface area contributed by atoms with E-state index in [2.05, 4.69) is 0 Å². The molecule has 3 rings (SSSR count). The fraction of sp³-hybridized carbons (Fsp3) is 0.0714. The van der Waals surface area contributed by atoms with Gasteiger partial charge in [0.2, 0.25) is 6.79 Å². The Labute approximate surface area is 113 Å². The topological polar surface area (TPSA) is 35.5 Å². The zero-order valence-corrected chi connectivity index (χ0v) is 10.4. The standard InChI is InChI=1S/C14H8ClFO3/c15-11-2-1-8(3-12(11)16)10-5-14-13(18-7-19-14)4-9(10)6-17/h1-6H,7H2. The van der Waals surface area contributed by atoms with Crippen molar-refractivity contribution < 1.29 is 18.7 Å². The Kier molecular flexibility index (Phi) is 2.87. The Balaban J connectivity index is 2.18. The zero-order valence-electron chi connectivity index (χ0n) is 9.65. The fourth-order valence-electron chi connectivity index (χ4n) is 1.97. The number of carbonyl (C=O) groups excluding carboxylic acids is 1. The van der Waals surface area contributed by atoms with E-state index in [1.165, 1.54) is 12.1 Å². The van der Waals surface area contributed by atoms with E-state index in [0.717, 1.165) is 0 Å². The molecule has 0 saturated heterocycles. The van der Waals surface area contributed by atoms with Crippen LogP contribution < -0.4 is 9.47 Å². The Hall–Kier alpha value is -2.07. The maximum absolute atomic E-state index is 13.5. The molecule has 0 aromatic heterocycles. The number of halogens is 2. The van der Waals surface area contributed by atoms with Crippen molar-refractivity contribution >= 4 is 17.9 Å². The van der Waals surface area contributed by atoms with Crippen molar-refractivity contribution in [3.05, 3.63) is 46.7 Å². The summed E-state index contributed by atoms with van der Waals surface area (Å²) in [4.78, 5) is 11.1. The van der Waals surface area contributed by atoms with E-state index < -0.39 is 5.82 Å². The highest BCUT2D eigenvalue weighted by atomic mass is 35.5. The van der Waals surface area contributed by atoms with Gasteiger partial charge in [-0.3, -0.25) is 4.79 Å². The summed E-state index contributed by atoms with van der Waals surface area (Å²) < 4.78 is 24.0. The maximum Gasteiger partial charge on any atom is 0.231 e. The molecular formula is C14H8ClFO3. The Morgan fingerprint density at radius 2 is 1.89 bits per heavy atom. The predicted octanol–water partition coefficient (Wildman–Crippen LogP) is 3.69. The molecule has 19 heavy (non-hydrogen) atoms. The van der Waals surface area contributed by atoms with Gasteiger partial charge in [0.15, 0.2) is 17.8 Å². The van der Waals surface area contributed by atoms with E-state index in [9.17, 15) is 9.18 Å². The van der Waals surface area contributed by atoms with Gasteiger partial charge in [0.1, 0.15) is 5.82 Å². The Morgan fingerprint density at radius 3 is 2.58 bits per heavy atom. The summed E-state index contributed by atoms with van der Waals surface area (Å²) in [6.45, 7) is 0.117. The number of hydrogen-bond acceptors (Lipinski definition) is 3. The summed E-state index contributed by atoms with van der Waals surface area (Å²) in [5, 5.41) is 0.0390. The van der Waals surface area contributed by atoms with Crippen LogP contribution in [0.1, 0.15) is 10.4 Å². The highest BCUT2D eigenvalue weighted by molar-refractivity contribution is 6.30. The van der Waals surface area contributed by atoms with Crippen LogP contribution in [0.15, 0.2) is 30.3 Å². The largest absolute Gasteiger partial charge is 0.454 e. The second-order valence-electron chi connectivity index (χ2n) is 4.04. The highest BCUT2D eigenvalue weighted by Gasteiger charge is 2.18. The van der Waals surface area contributed by atoms with E-state index in [0.29, 0.717) is 34.5 Å². The van der Waals surface area contributed by atoms with Gasteiger partial charge in [-0.05, 0) is 35.4 Å². The van der Waals surface area contributed by atoms with Gasteiger partial charge in [0.25, 0.3) is 0 Å². The average molecular weight is 279 g/mol. The molecule has 2 aromatic rings. The van der Waals surface area contributed by atoms with Gasteiger partial charge in [-0.25, -0.2) is 4.39 Å². The third-order valence-corrected chi connectivity index (χ3v) is 3.21. The fourth-order valence-corrected chi connectivity index (χ4v) is 2.09. The van der Waals surface area contributed by atoms with Gasteiger partial charge in [-0.15, -0.1) is 0 Å². The van der Waals surface area contributed by atoms with Crippen LogP contribution in [0.4, 0.5) is 4.39 Å². The molecule has 0 unspecified atom stereocenters. The van der Waals surface area contributed by atoms with E-state index in [-0.39, 0.29) is 11.8 Å². The first-order valence-electron chi connectivity index (χ1n) is 5.53. The summed E-state index contributed by atoms with van der Waals surface area (Å²) in [5.41, 5.74) is 1.54. The number of fused-ring (bicyclic) bond motifs is 1. The molecule has 0 aliphatic carbocycles. The van der Waals surface area contributed by atoms with Crippen molar-refractivity contribution in [2.24, 2.45) is 0 Å². The third kappa shape index (κ3) is 2.04. The number of benzene rings is 2. The van der Waals surface area contributed by atoms with Crippen LogP contribution in [-0.4, -0.2) is 13.1 Å². The molecule has 0 atom stereocenters. The molecule has 0 fully saturated rings. The van der Waals surface area contributed by atoms with Crippen LogP contribution >= 0.6 is 11.6 Å². The van der Waals surface area contributed by atoms with Crippen LogP contribution in [0, 0.1) is 5.82 Å². The van der Waals surface area contributed by atoms with Crippen molar-refractivity contribution in [3.63, 3.8) is 0 Å². The number of hydrogen-bond donors (Lipinski definition) is 0. The minimum absolute atomic E-state index is 0.0390.